The normalized spacial score (nSPS) is 12.2. The summed E-state index contributed by atoms with van der Waals surface area (Å²) in [4.78, 5) is 35.3. The Balaban J connectivity index is 4.01. The molecule has 2 amide bonds. The molecule has 0 aromatic carbocycles. The van der Waals surface area contributed by atoms with Crippen molar-refractivity contribution in [2.24, 2.45) is 0 Å². The molecule has 0 spiro atoms. The molecule has 0 aromatic rings. The van der Waals surface area contributed by atoms with Crippen LogP contribution in [-0.2, 0) is 14.3 Å². The summed E-state index contributed by atoms with van der Waals surface area (Å²) in [6.45, 7) is 8.05. The Morgan fingerprint density at radius 1 is 0.812 bits per heavy atom. The third-order valence-corrected chi connectivity index (χ3v) is 5.22. The molecule has 0 unspecified atom stereocenters. The molecular weight excluding hydrogens is 408 g/mol. The zero-order chi connectivity index (χ0) is 24.2. The van der Waals surface area contributed by atoms with Crippen molar-refractivity contribution < 1.29 is 24.2 Å². The van der Waals surface area contributed by atoms with Crippen molar-refractivity contribution in [1.82, 2.24) is 10.6 Å². The lowest BCUT2D eigenvalue weighted by atomic mass is 10.1. The Labute approximate surface area is 195 Å². The van der Waals surface area contributed by atoms with Crippen LogP contribution in [0, 0.1) is 0 Å². The van der Waals surface area contributed by atoms with Gasteiger partial charge in [-0.15, -0.1) is 0 Å². The van der Waals surface area contributed by atoms with E-state index in [1.165, 1.54) is 64.2 Å². The molecule has 0 bridgehead atoms. The number of unbranched alkanes of at least 4 members (excludes halogenated alkanes) is 11. The van der Waals surface area contributed by atoms with E-state index in [4.69, 9.17) is 9.84 Å². The van der Waals surface area contributed by atoms with Gasteiger partial charge >= 0.3 is 12.1 Å². The fourth-order valence-corrected chi connectivity index (χ4v) is 3.48. The summed E-state index contributed by atoms with van der Waals surface area (Å²) in [5.74, 6) is -1.21. The maximum atomic E-state index is 12.5. The van der Waals surface area contributed by atoms with E-state index in [1.54, 1.807) is 20.8 Å². The molecule has 0 rings (SSSR count). The first kappa shape index (κ1) is 30.2. The van der Waals surface area contributed by atoms with Gasteiger partial charge in [0, 0.05) is 13.0 Å². The molecule has 0 saturated carbocycles. The number of nitrogens with one attached hydrogen (secondary N) is 2. The van der Waals surface area contributed by atoms with Crippen molar-refractivity contribution >= 4 is 18.0 Å². The maximum Gasteiger partial charge on any atom is 0.408 e. The van der Waals surface area contributed by atoms with Gasteiger partial charge in [-0.2, -0.15) is 0 Å². The average molecular weight is 457 g/mol. The molecule has 0 heterocycles. The fourth-order valence-electron chi connectivity index (χ4n) is 3.48. The van der Waals surface area contributed by atoms with Crippen LogP contribution < -0.4 is 10.6 Å². The molecule has 0 saturated heterocycles. The number of rotatable bonds is 19. The van der Waals surface area contributed by atoms with Gasteiger partial charge in [0.1, 0.15) is 11.6 Å². The van der Waals surface area contributed by atoms with Crippen molar-refractivity contribution in [2.75, 3.05) is 6.54 Å². The molecule has 0 aliphatic rings. The zero-order valence-corrected chi connectivity index (χ0v) is 21.0. The van der Waals surface area contributed by atoms with Gasteiger partial charge in [0.05, 0.1) is 0 Å². The van der Waals surface area contributed by atoms with E-state index in [1.807, 2.05) is 0 Å². The lowest BCUT2D eigenvalue weighted by molar-refractivity contribution is -0.137. The lowest BCUT2D eigenvalue weighted by Crippen LogP contribution is -2.48. The number of carboxylic acid groups (broad SMARTS) is 1. The van der Waals surface area contributed by atoms with Gasteiger partial charge in [-0.25, -0.2) is 4.79 Å². The number of carbonyl (C=O) groups is 3. The lowest BCUT2D eigenvalue weighted by Gasteiger charge is -2.23. The summed E-state index contributed by atoms with van der Waals surface area (Å²) in [6, 6.07) is -0.790. The van der Waals surface area contributed by atoms with Crippen molar-refractivity contribution in [2.45, 2.75) is 136 Å². The summed E-state index contributed by atoms with van der Waals surface area (Å²) in [7, 11) is 0. The monoisotopic (exact) mass is 456 g/mol. The van der Waals surface area contributed by atoms with Crippen LogP contribution in [0.25, 0.3) is 0 Å². The van der Waals surface area contributed by atoms with Crippen molar-refractivity contribution in [3.05, 3.63) is 0 Å². The van der Waals surface area contributed by atoms with E-state index in [0.717, 1.165) is 12.8 Å². The summed E-state index contributed by atoms with van der Waals surface area (Å²) >= 11 is 0. The Morgan fingerprint density at radius 2 is 1.31 bits per heavy atom. The first-order valence-electron chi connectivity index (χ1n) is 12.6. The van der Waals surface area contributed by atoms with Crippen LogP contribution in [-0.4, -0.2) is 41.3 Å². The summed E-state index contributed by atoms with van der Waals surface area (Å²) < 4.78 is 5.22. The smallest absolute Gasteiger partial charge is 0.408 e. The number of carboxylic acids is 1. The van der Waals surface area contributed by atoms with E-state index in [9.17, 15) is 14.4 Å². The summed E-state index contributed by atoms with van der Waals surface area (Å²) in [5, 5.41) is 14.3. The van der Waals surface area contributed by atoms with E-state index in [-0.39, 0.29) is 18.7 Å². The van der Waals surface area contributed by atoms with Crippen LogP contribution in [0.3, 0.4) is 0 Å². The van der Waals surface area contributed by atoms with Crippen molar-refractivity contribution in [3.63, 3.8) is 0 Å². The van der Waals surface area contributed by atoms with E-state index in [0.29, 0.717) is 13.0 Å². The predicted molar refractivity (Wildman–Crippen MR) is 129 cm³/mol. The van der Waals surface area contributed by atoms with E-state index >= 15 is 0 Å². The van der Waals surface area contributed by atoms with E-state index < -0.39 is 23.7 Å². The number of alkyl carbamates (subject to hydrolysis) is 1. The summed E-state index contributed by atoms with van der Waals surface area (Å²) in [6.07, 6.45) is 14.9. The number of hydrogen-bond acceptors (Lipinski definition) is 4. The van der Waals surface area contributed by atoms with E-state index in [2.05, 4.69) is 17.6 Å². The van der Waals surface area contributed by atoms with Gasteiger partial charge in [-0.3, -0.25) is 9.59 Å². The minimum absolute atomic E-state index is 0.0431. The first-order chi connectivity index (χ1) is 15.2. The van der Waals surface area contributed by atoms with Crippen LogP contribution in [0.2, 0.25) is 0 Å². The number of ether oxygens (including phenoxy) is 1. The molecule has 32 heavy (non-hydrogen) atoms. The SMILES string of the molecule is CCCCCCCCCCCCCCNC(=O)[C@H](CCCC(=O)O)NC(=O)OC(C)(C)C. The van der Waals surface area contributed by atoms with Crippen LogP contribution in [0.5, 0.6) is 0 Å². The Morgan fingerprint density at radius 3 is 1.78 bits per heavy atom. The number of carbonyl (C=O) groups excluding carboxylic acids is 2. The highest BCUT2D eigenvalue weighted by molar-refractivity contribution is 5.85. The molecule has 7 heteroatoms. The second-order valence-electron chi connectivity index (χ2n) is 9.66. The van der Waals surface area contributed by atoms with Crippen LogP contribution >= 0.6 is 0 Å². The van der Waals surface area contributed by atoms with Gasteiger partial charge in [0.25, 0.3) is 0 Å². The third kappa shape index (κ3) is 20.1. The highest BCUT2D eigenvalue weighted by Gasteiger charge is 2.24. The van der Waals surface area contributed by atoms with Gasteiger partial charge in [0.15, 0.2) is 0 Å². The third-order valence-electron chi connectivity index (χ3n) is 5.22. The first-order valence-corrected chi connectivity index (χ1v) is 12.6. The molecular formula is C25H48N2O5. The van der Waals surface area contributed by atoms with Crippen molar-refractivity contribution in [3.8, 4) is 0 Å². The largest absolute Gasteiger partial charge is 0.481 e. The molecule has 0 aliphatic heterocycles. The van der Waals surface area contributed by atoms with Crippen LogP contribution in [0.4, 0.5) is 4.79 Å². The maximum absolute atomic E-state index is 12.5. The van der Waals surface area contributed by atoms with Gasteiger partial charge in [0.2, 0.25) is 5.91 Å². The molecule has 7 nitrogen and oxygen atoms in total. The molecule has 0 aliphatic carbocycles. The number of hydrogen-bond donors (Lipinski definition) is 3. The molecule has 188 valence electrons. The van der Waals surface area contributed by atoms with Gasteiger partial charge in [-0.1, -0.05) is 77.6 Å². The summed E-state index contributed by atoms with van der Waals surface area (Å²) in [5.41, 5.74) is -0.665. The Kier molecular flexibility index (Phi) is 17.7. The quantitative estimate of drug-likeness (QED) is 0.208. The second-order valence-corrected chi connectivity index (χ2v) is 9.66. The Hall–Kier alpha value is -1.79. The minimum atomic E-state index is -0.919. The molecule has 1 atom stereocenters. The average Bonchev–Trinajstić information content (AvgIpc) is 2.69. The van der Waals surface area contributed by atoms with Crippen LogP contribution in [0.1, 0.15) is 124 Å². The standard InChI is InChI=1S/C25H48N2O5/c1-5-6-7-8-9-10-11-12-13-14-15-16-20-26-23(30)21(18-17-19-22(28)29)27-24(31)32-25(2,3)4/h21H,5-20H2,1-4H3,(H,26,30)(H,27,31)(H,28,29)/t21-/m0/s1. The van der Waals surface area contributed by atoms with Gasteiger partial charge in [-0.05, 0) is 40.0 Å². The van der Waals surface area contributed by atoms with Gasteiger partial charge < -0.3 is 20.5 Å². The highest BCUT2D eigenvalue weighted by atomic mass is 16.6. The van der Waals surface area contributed by atoms with Crippen molar-refractivity contribution in [1.29, 1.82) is 0 Å². The topological polar surface area (TPSA) is 105 Å². The molecule has 3 N–H and O–H groups in total. The molecule has 0 fully saturated rings. The molecule has 0 radical (unpaired) electrons. The highest BCUT2D eigenvalue weighted by Crippen LogP contribution is 2.12. The van der Waals surface area contributed by atoms with Crippen LogP contribution in [0.15, 0.2) is 0 Å². The Bertz CT molecular complexity index is 517. The fraction of sp³-hybridized carbons (Fsp3) is 0.880. The predicted octanol–water partition coefficient (Wildman–Crippen LogP) is 5.95. The number of aliphatic carboxylic acids is 1. The molecule has 0 aromatic heterocycles. The minimum Gasteiger partial charge on any atom is -0.481 e. The second kappa shape index (κ2) is 18.8. The zero-order valence-electron chi connectivity index (χ0n) is 21.0. The number of amides is 2.